The van der Waals surface area contributed by atoms with E-state index in [0.29, 0.717) is 28.1 Å². The van der Waals surface area contributed by atoms with Crippen molar-refractivity contribution in [1.82, 2.24) is 9.97 Å². The molecule has 0 unspecified atom stereocenters. The van der Waals surface area contributed by atoms with E-state index >= 15 is 0 Å². The summed E-state index contributed by atoms with van der Waals surface area (Å²) < 4.78 is 12.9. The Morgan fingerprint density at radius 2 is 1.77 bits per heavy atom. The van der Waals surface area contributed by atoms with Crippen molar-refractivity contribution in [3.63, 3.8) is 0 Å². The fraction of sp³-hybridized carbons (Fsp3) is 0.0556. The summed E-state index contributed by atoms with van der Waals surface area (Å²) in [7, 11) is 0. The Bertz CT molecular complexity index is 917. The smallest absolute Gasteiger partial charge is 0.275 e. The highest BCUT2D eigenvalue weighted by molar-refractivity contribution is 6.42. The predicted octanol–water partition coefficient (Wildman–Crippen LogP) is 4.79. The normalized spacial score (nSPS) is 10.4. The van der Waals surface area contributed by atoms with Gasteiger partial charge >= 0.3 is 0 Å². The van der Waals surface area contributed by atoms with Gasteiger partial charge in [-0.2, -0.15) is 0 Å². The summed E-state index contributed by atoms with van der Waals surface area (Å²) in [5.74, 6) is -0.202. The molecule has 0 saturated carbocycles. The van der Waals surface area contributed by atoms with Gasteiger partial charge in [0.2, 0.25) is 0 Å². The van der Waals surface area contributed by atoms with Gasteiger partial charge in [0.25, 0.3) is 5.91 Å². The van der Waals surface area contributed by atoms with Crippen LogP contribution in [0.5, 0.6) is 0 Å². The number of nitrogens with zero attached hydrogens (tertiary/aromatic N) is 2. The van der Waals surface area contributed by atoms with Gasteiger partial charge in [-0.05, 0) is 35.9 Å². The lowest BCUT2D eigenvalue weighted by molar-refractivity contribution is 0.102. The van der Waals surface area contributed by atoms with Crippen molar-refractivity contribution in [2.24, 2.45) is 0 Å². The number of aromatic nitrogens is 2. The molecule has 0 aliphatic heterocycles. The van der Waals surface area contributed by atoms with E-state index in [1.54, 1.807) is 30.3 Å². The second kappa shape index (κ2) is 8.12. The molecule has 0 fully saturated rings. The highest BCUT2D eigenvalue weighted by atomic mass is 35.5. The molecule has 0 atom stereocenters. The van der Waals surface area contributed by atoms with E-state index < -0.39 is 5.91 Å². The Morgan fingerprint density at radius 1 is 1.00 bits per heavy atom. The fourth-order valence-corrected chi connectivity index (χ4v) is 2.40. The van der Waals surface area contributed by atoms with Crippen LogP contribution in [0.2, 0.25) is 10.0 Å². The molecular weight excluding hydrogens is 378 g/mol. The number of rotatable bonds is 5. The lowest BCUT2D eigenvalue weighted by Gasteiger charge is -2.08. The Kier molecular flexibility index (Phi) is 5.65. The second-order valence-electron chi connectivity index (χ2n) is 5.35. The molecule has 5 nitrogen and oxygen atoms in total. The molecular formula is C18H13Cl2FN4O. The fourth-order valence-electron chi connectivity index (χ4n) is 2.10. The number of anilines is 2. The molecule has 1 heterocycles. The van der Waals surface area contributed by atoms with Crippen LogP contribution < -0.4 is 10.6 Å². The zero-order valence-corrected chi connectivity index (χ0v) is 14.9. The minimum Gasteiger partial charge on any atom is -0.365 e. The maximum absolute atomic E-state index is 12.9. The van der Waals surface area contributed by atoms with Crippen LogP contribution in [0, 0.1) is 5.82 Å². The van der Waals surface area contributed by atoms with Crippen molar-refractivity contribution >= 4 is 40.6 Å². The third kappa shape index (κ3) is 4.68. The zero-order valence-electron chi connectivity index (χ0n) is 13.3. The standard InChI is InChI=1S/C18H13Cl2FN4O/c19-14-6-5-13(7-15(14)20)25-18(26)16-9-24-17(10-22-16)23-8-11-1-3-12(21)4-2-11/h1-7,9-10H,8H2,(H,23,24)(H,25,26). The van der Waals surface area contributed by atoms with E-state index in [1.807, 2.05) is 0 Å². The SMILES string of the molecule is O=C(Nc1ccc(Cl)c(Cl)c1)c1cnc(NCc2ccc(F)cc2)cn1. The van der Waals surface area contributed by atoms with Crippen LogP contribution in [0.4, 0.5) is 15.9 Å². The summed E-state index contributed by atoms with van der Waals surface area (Å²) in [4.78, 5) is 20.4. The Labute approximate surface area is 159 Å². The van der Waals surface area contributed by atoms with Crippen molar-refractivity contribution in [2.75, 3.05) is 10.6 Å². The van der Waals surface area contributed by atoms with Crippen molar-refractivity contribution < 1.29 is 9.18 Å². The van der Waals surface area contributed by atoms with Gasteiger partial charge < -0.3 is 10.6 Å². The monoisotopic (exact) mass is 390 g/mol. The quantitative estimate of drug-likeness (QED) is 0.657. The van der Waals surface area contributed by atoms with Gasteiger partial charge in [0.1, 0.15) is 17.3 Å². The molecule has 2 N–H and O–H groups in total. The number of carbonyl (C=O) groups is 1. The first kappa shape index (κ1) is 18.1. The van der Waals surface area contributed by atoms with Crippen molar-refractivity contribution in [3.05, 3.63) is 82.0 Å². The van der Waals surface area contributed by atoms with Crippen LogP contribution in [-0.2, 0) is 6.54 Å². The summed E-state index contributed by atoms with van der Waals surface area (Å²) in [5, 5.41) is 6.47. The Balaban J connectivity index is 1.60. The molecule has 0 radical (unpaired) electrons. The van der Waals surface area contributed by atoms with Gasteiger partial charge in [0.15, 0.2) is 0 Å². The lowest BCUT2D eigenvalue weighted by Crippen LogP contribution is -2.14. The molecule has 3 aromatic rings. The van der Waals surface area contributed by atoms with E-state index in [-0.39, 0.29) is 11.5 Å². The first-order valence-corrected chi connectivity index (χ1v) is 8.33. The second-order valence-corrected chi connectivity index (χ2v) is 6.16. The van der Waals surface area contributed by atoms with Crippen molar-refractivity contribution in [1.29, 1.82) is 0 Å². The topological polar surface area (TPSA) is 66.9 Å². The molecule has 0 saturated heterocycles. The summed E-state index contributed by atoms with van der Waals surface area (Å²) in [6.07, 6.45) is 2.81. The molecule has 0 spiro atoms. The van der Waals surface area contributed by atoms with Gasteiger partial charge in [-0.25, -0.2) is 14.4 Å². The molecule has 2 aromatic carbocycles. The average molecular weight is 391 g/mol. The van der Waals surface area contributed by atoms with Gasteiger partial charge in [0, 0.05) is 12.2 Å². The Morgan fingerprint density at radius 3 is 2.42 bits per heavy atom. The van der Waals surface area contributed by atoms with Crippen LogP contribution >= 0.6 is 23.2 Å². The zero-order chi connectivity index (χ0) is 18.5. The number of carbonyl (C=O) groups excluding carboxylic acids is 1. The summed E-state index contributed by atoms with van der Waals surface area (Å²) in [6.45, 7) is 0.462. The third-order valence-corrected chi connectivity index (χ3v) is 4.19. The molecule has 26 heavy (non-hydrogen) atoms. The number of nitrogens with one attached hydrogen (secondary N) is 2. The summed E-state index contributed by atoms with van der Waals surface area (Å²) >= 11 is 11.8. The van der Waals surface area contributed by atoms with Gasteiger partial charge in [-0.15, -0.1) is 0 Å². The van der Waals surface area contributed by atoms with Crippen molar-refractivity contribution in [2.45, 2.75) is 6.54 Å². The number of halogens is 3. The Hall–Kier alpha value is -2.70. The first-order valence-electron chi connectivity index (χ1n) is 7.58. The molecule has 0 aliphatic carbocycles. The van der Waals surface area contributed by atoms with Crippen LogP contribution in [0.1, 0.15) is 16.1 Å². The van der Waals surface area contributed by atoms with E-state index in [1.165, 1.54) is 24.5 Å². The van der Waals surface area contributed by atoms with Crippen LogP contribution in [0.3, 0.4) is 0 Å². The van der Waals surface area contributed by atoms with Crippen molar-refractivity contribution in [3.8, 4) is 0 Å². The van der Waals surface area contributed by atoms with Crippen LogP contribution in [-0.4, -0.2) is 15.9 Å². The van der Waals surface area contributed by atoms with Crippen LogP contribution in [0.15, 0.2) is 54.9 Å². The largest absolute Gasteiger partial charge is 0.365 e. The highest BCUT2D eigenvalue weighted by Gasteiger charge is 2.09. The first-order chi connectivity index (χ1) is 12.5. The van der Waals surface area contributed by atoms with E-state index in [4.69, 9.17) is 23.2 Å². The minimum atomic E-state index is -0.416. The number of hydrogen-bond donors (Lipinski definition) is 2. The molecule has 1 aromatic heterocycles. The maximum atomic E-state index is 12.9. The lowest BCUT2D eigenvalue weighted by atomic mass is 10.2. The molecule has 8 heteroatoms. The summed E-state index contributed by atoms with van der Waals surface area (Å²) in [6, 6.07) is 10.9. The molecule has 132 valence electrons. The number of amides is 1. The average Bonchev–Trinajstić information content (AvgIpc) is 2.65. The molecule has 0 aliphatic rings. The molecule has 1 amide bonds. The van der Waals surface area contributed by atoms with Crippen LogP contribution in [0.25, 0.3) is 0 Å². The molecule has 0 bridgehead atoms. The number of benzene rings is 2. The predicted molar refractivity (Wildman–Crippen MR) is 100 cm³/mol. The third-order valence-electron chi connectivity index (χ3n) is 3.45. The molecule has 3 rings (SSSR count). The maximum Gasteiger partial charge on any atom is 0.275 e. The van der Waals surface area contributed by atoms with Gasteiger partial charge in [-0.1, -0.05) is 35.3 Å². The minimum absolute atomic E-state index is 0.156. The van der Waals surface area contributed by atoms with Gasteiger partial charge in [0.05, 0.1) is 22.4 Å². The highest BCUT2D eigenvalue weighted by Crippen LogP contribution is 2.25. The van der Waals surface area contributed by atoms with E-state index in [0.717, 1.165) is 5.56 Å². The van der Waals surface area contributed by atoms with Gasteiger partial charge in [-0.3, -0.25) is 4.79 Å². The number of hydrogen-bond acceptors (Lipinski definition) is 4. The van der Waals surface area contributed by atoms with E-state index in [9.17, 15) is 9.18 Å². The summed E-state index contributed by atoms with van der Waals surface area (Å²) in [5.41, 5.74) is 1.56. The van der Waals surface area contributed by atoms with E-state index in [2.05, 4.69) is 20.6 Å².